The zero-order chi connectivity index (χ0) is 24.4. The van der Waals surface area contributed by atoms with Gasteiger partial charge in [0.05, 0.1) is 13.2 Å². The molecule has 9 heteroatoms. The molecule has 1 saturated heterocycles. The Morgan fingerprint density at radius 2 is 1.41 bits per heavy atom. The molecule has 3 aromatic rings. The molecule has 1 aliphatic heterocycles. The number of benzene rings is 3. The van der Waals surface area contributed by atoms with Crippen LogP contribution in [0, 0.1) is 40.8 Å². The Balaban J connectivity index is 1.51. The average Bonchev–Trinajstić information content (AvgIpc) is 2.81. The Bertz CT molecular complexity index is 1150. The molecule has 34 heavy (non-hydrogen) atoms. The van der Waals surface area contributed by atoms with Gasteiger partial charge in [0.2, 0.25) is 0 Å². The highest BCUT2D eigenvalue weighted by atomic mass is 19.2. The van der Waals surface area contributed by atoms with Crippen molar-refractivity contribution in [2.45, 2.75) is 26.2 Å². The van der Waals surface area contributed by atoms with Gasteiger partial charge in [0.1, 0.15) is 12.4 Å². The molecule has 0 atom stereocenters. The van der Waals surface area contributed by atoms with Gasteiger partial charge in [-0.25, -0.2) is 26.3 Å². The molecule has 0 N–H and O–H groups in total. The predicted molar refractivity (Wildman–Crippen MR) is 111 cm³/mol. The van der Waals surface area contributed by atoms with Crippen LogP contribution in [0.15, 0.2) is 42.5 Å². The second-order valence-corrected chi connectivity index (χ2v) is 7.94. The fourth-order valence-corrected chi connectivity index (χ4v) is 3.58. The van der Waals surface area contributed by atoms with Crippen LogP contribution in [0.5, 0.6) is 5.75 Å². The fraction of sp³-hybridized carbons (Fsp3) is 0.280. The third kappa shape index (κ3) is 5.05. The third-order valence-electron chi connectivity index (χ3n) is 5.55. The van der Waals surface area contributed by atoms with Gasteiger partial charge in [0.25, 0.3) is 0 Å². The van der Waals surface area contributed by atoms with Crippen LogP contribution in [-0.4, -0.2) is 13.2 Å². The van der Waals surface area contributed by atoms with E-state index in [-0.39, 0.29) is 22.6 Å². The van der Waals surface area contributed by atoms with Crippen LogP contribution in [0.25, 0.3) is 11.1 Å². The molecule has 0 aromatic heterocycles. The number of hydrogen-bond acceptors (Lipinski definition) is 3. The quantitative estimate of drug-likeness (QED) is 0.285. The van der Waals surface area contributed by atoms with E-state index >= 15 is 0 Å². The topological polar surface area (TPSA) is 27.7 Å². The lowest BCUT2D eigenvalue weighted by atomic mass is 10.0. The normalized spacial score (nSPS) is 18.2. The van der Waals surface area contributed by atoms with Crippen LogP contribution in [0.3, 0.4) is 0 Å². The average molecular weight is 482 g/mol. The van der Waals surface area contributed by atoms with Crippen LogP contribution in [-0.2, 0) is 16.1 Å². The maximum Gasteiger partial charge on any atom is 0.194 e. The van der Waals surface area contributed by atoms with Gasteiger partial charge >= 0.3 is 0 Å². The van der Waals surface area contributed by atoms with Crippen LogP contribution in [0.1, 0.15) is 30.8 Å². The largest absolute Gasteiger partial charge is 0.483 e. The van der Waals surface area contributed by atoms with E-state index in [4.69, 9.17) is 14.2 Å². The van der Waals surface area contributed by atoms with Crippen molar-refractivity contribution in [1.82, 2.24) is 0 Å². The Hall–Kier alpha value is -3.04. The highest BCUT2D eigenvalue weighted by Crippen LogP contribution is 2.33. The zero-order valence-corrected chi connectivity index (χ0v) is 18.0. The van der Waals surface area contributed by atoms with E-state index in [1.165, 1.54) is 12.1 Å². The maximum absolute atomic E-state index is 14.8. The summed E-state index contributed by atoms with van der Waals surface area (Å²) in [6.45, 7) is 2.37. The van der Waals surface area contributed by atoms with Gasteiger partial charge in [0, 0.05) is 17.0 Å². The molecule has 0 bridgehead atoms. The van der Waals surface area contributed by atoms with E-state index in [0.717, 1.165) is 18.6 Å². The summed E-state index contributed by atoms with van der Waals surface area (Å²) in [6, 6.07) is 7.16. The Morgan fingerprint density at radius 3 is 1.97 bits per heavy atom. The summed E-state index contributed by atoms with van der Waals surface area (Å²) < 4.78 is 99.8. The maximum atomic E-state index is 14.8. The van der Waals surface area contributed by atoms with Crippen molar-refractivity contribution in [3.05, 3.63) is 88.5 Å². The summed E-state index contributed by atoms with van der Waals surface area (Å²) in [4.78, 5) is 0. The molecule has 4 rings (SSSR count). The zero-order valence-electron chi connectivity index (χ0n) is 18.0. The molecule has 1 fully saturated rings. The lowest BCUT2D eigenvalue weighted by Crippen LogP contribution is -2.26. The molecule has 0 spiro atoms. The predicted octanol–water partition coefficient (Wildman–Crippen LogP) is 6.84. The summed E-state index contributed by atoms with van der Waals surface area (Å²) in [7, 11) is 0. The summed E-state index contributed by atoms with van der Waals surface area (Å²) in [5.74, 6) is -8.14. The van der Waals surface area contributed by atoms with Crippen molar-refractivity contribution >= 4 is 0 Å². The van der Waals surface area contributed by atoms with Crippen molar-refractivity contribution in [3.63, 3.8) is 0 Å². The van der Waals surface area contributed by atoms with Crippen molar-refractivity contribution in [2.75, 3.05) is 13.2 Å². The van der Waals surface area contributed by atoms with Gasteiger partial charge in [-0.15, -0.1) is 0 Å². The highest BCUT2D eigenvalue weighted by Gasteiger charge is 2.24. The van der Waals surface area contributed by atoms with Crippen LogP contribution >= 0.6 is 0 Å². The second kappa shape index (κ2) is 10.1. The number of rotatable bonds is 6. The lowest BCUT2D eigenvalue weighted by Gasteiger charge is -2.29. The minimum Gasteiger partial charge on any atom is -0.483 e. The van der Waals surface area contributed by atoms with Crippen molar-refractivity contribution < 1.29 is 40.6 Å². The molecule has 180 valence electrons. The van der Waals surface area contributed by atoms with Gasteiger partial charge in [-0.2, -0.15) is 0 Å². The minimum atomic E-state index is -1.66. The molecular formula is C25H20F6O3. The summed E-state index contributed by atoms with van der Waals surface area (Å²) >= 11 is 0. The monoisotopic (exact) mass is 482 g/mol. The fourth-order valence-electron chi connectivity index (χ4n) is 3.58. The van der Waals surface area contributed by atoms with E-state index in [9.17, 15) is 26.3 Å². The second-order valence-electron chi connectivity index (χ2n) is 7.94. The third-order valence-corrected chi connectivity index (χ3v) is 5.55. The summed E-state index contributed by atoms with van der Waals surface area (Å²) in [5.41, 5.74) is 0.133. The van der Waals surface area contributed by atoms with Crippen molar-refractivity contribution in [2.24, 2.45) is 5.92 Å². The lowest BCUT2D eigenvalue weighted by molar-refractivity contribution is -0.205. The van der Waals surface area contributed by atoms with Gasteiger partial charge < -0.3 is 14.2 Å². The van der Waals surface area contributed by atoms with Crippen molar-refractivity contribution in [3.8, 4) is 16.9 Å². The van der Waals surface area contributed by atoms with E-state index < -0.39 is 53.5 Å². The first-order valence-corrected chi connectivity index (χ1v) is 10.5. The smallest absolute Gasteiger partial charge is 0.194 e. The van der Waals surface area contributed by atoms with E-state index in [2.05, 4.69) is 0 Å². The van der Waals surface area contributed by atoms with Gasteiger partial charge in [-0.05, 0) is 47.9 Å². The molecule has 1 aliphatic rings. The van der Waals surface area contributed by atoms with Gasteiger partial charge in [0.15, 0.2) is 41.1 Å². The van der Waals surface area contributed by atoms with E-state index in [1.54, 1.807) is 6.07 Å². The standard InChI is InChI=1S/C25H20F6O3/c1-2-13-10-33-25(34-11-13)15-3-4-17(18(26)7-15)16-8-21(29)24(22(30)9-16)32-12-14-5-19(27)23(31)20(28)6-14/h3-9,13,25H,2,10-12H2,1H3. The minimum absolute atomic E-state index is 0.0574. The molecule has 0 aliphatic carbocycles. The first-order chi connectivity index (χ1) is 16.3. The summed E-state index contributed by atoms with van der Waals surface area (Å²) in [6.07, 6.45) is 0.172. The number of halogens is 6. The van der Waals surface area contributed by atoms with Crippen LogP contribution in [0.2, 0.25) is 0 Å². The Kier molecular flexibility index (Phi) is 7.13. The first kappa shape index (κ1) is 24.1. The Morgan fingerprint density at radius 1 is 0.794 bits per heavy atom. The van der Waals surface area contributed by atoms with Gasteiger partial charge in [-0.1, -0.05) is 19.1 Å². The molecular weight excluding hydrogens is 462 g/mol. The highest BCUT2D eigenvalue weighted by molar-refractivity contribution is 5.66. The Labute approximate surface area is 191 Å². The molecule has 3 aromatic carbocycles. The molecule has 3 nitrogen and oxygen atoms in total. The number of hydrogen-bond donors (Lipinski definition) is 0. The van der Waals surface area contributed by atoms with Crippen LogP contribution in [0.4, 0.5) is 26.3 Å². The SMILES string of the molecule is CCC1COC(c2ccc(-c3cc(F)c(OCc4cc(F)c(F)c(F)c4)c(F)c3)c(F)c2)OC1. The van der Waals surface area contributed by atoms with Crippen LogP contribution < -0.4 is 4.74 Å². The molecule has 1 heterocycles. The number of ether oxygens (including phenoxy) is 3. The molecule has 0 unspecified atom stereocenters. The molecule has 0 saturated carbocycles. The molecule has 0 amide bonds. The first-order valence-electron chi connectivity index (χ1n) is 10.5. The van der Waals surface area contributed by atoms with E-state index in [0.29, 0.717) is 30.9 Å². The van der Waals surface area contributed by atoms with E-state index in [1.807, 2.05) is 6.92 Å². The molecule has 0 radical (unpaired) electrons. The van der Waals surface area contributed by atoms with Crippen molar-refractivity contribution in [1.29, 1.82) is 0 Å². The summed E-state index contributed by atoms with van der Waals surface area (Å²) in [5, 5.41) is 0. The van der Waals surface area contributed by atoms with Gasteiger partial charge in [-0.3, -0.25) is 0 Å².